The first-order valence-electron chi connectivity index (χ1n) is 6.85. The van der Waals surface area contributed by atoms with E-state index in [1.54, 1.807) is 24.3 Å². The van der Waals surface area contributed by atoms with Gasteiger partial charge < -0.3 is 9.47 Å². The second-order valence-corrected chi connectivity index (χ2v) is 6.95. The Morgan fingerprint density at radius 3 is 2.91 bits per heavy atom. The third-order valence-corrected chi connectivity index (χ3v) is 4.44. The molecule has 1 N–H and O–H groups in total. The molecule has 0 bridgehead atoms. The van der Waals surface area contributed by atoms with Crippen molar-refractivity contribution in [1.29, 1.82) is 0 Å². The Bertz CT molecular complexity index is 843. The molecule has 0 spiro atoms. The number of para-hydroxylation sites is 2. The second-order valence-electron chi connectivity index (χ2n) is 5.04. The molecular weight excluding hydrogens is 326 g/mol. The topological polar surface area (TPSA) is 115 Å². The van der Waals surface area contributed by atoms with Crippen molar-refractivity contribution in [2.75, 3.05) is 23.7 Å². The molecule has 1 aromatic heterocycles. The average Bonchev–Trinajstić information content (AvgIpc) is 2.91. The molecule has 9 nitrogen and oxygen atoms in total. The maximum Gasteiger partial charge on any atom is 0.441 e. The first-order chi connectivity index (χ1) is 10.9. The maximum atomic E-state index is 12.0. The van der Waals surface area contributed by atoms with Crippen LogP contribution in [-0.2, 0) is 10.0 Å². The summed E-state index contributed by atoms with van der Waals surface area (Å²) >= 11 is 0. The summed E-state index contributed by atoms with van der Waals surface area (Å²) in [7, 11) is -3.41. The predicted molar refractivity (Wildman–Crippen MR) is 80.3 cm³/mol. The Kier molecular flexibility index (Phi) is 3.99. The van der Waals surface area contributed by atoms with Gasteiger partial charge in [0.25, 0.3) is 0 Å². The quantitative estimate of drug-likeness (QED) is 0.835. The van der Waals surface area contributed by atoms with Gasteiger partial charge in [-0.05, 0) is 17.3 Å². The van der Waals surface area contributed by atoms with Crippen LogP contribution in [0.2, 0.25) is 0 Å². The fourth-order valence-corrected chi connectivity index (χ4v) is 3.24. The normalized spacial score (nSPS) is 17.4. The molecule has 0 amide bonds. The number of hydrogen-bond donors (Lipinski definition) is 1. The molecule has 1 aromatic carbocycles. The predicted octanol–water partition coefficient (Wildman–Crippen LogP) is 0.359. The average molecular weight is 341 g/mol. The van der Waals surface area contributed by atoms with Gasteiger partial charge in [0.2, 0.25) is 10.0 Å². The molecule has 1 aliphatic heterocycles. The molecule has 0 saturated carbocycles. The van der Waals surface area contributed by atoms with Gasteiger partial charge in [-0.25, -0.2) is 18.2 Å². The lowest BCUT2D eigenvalue weighted by atomic mass is 10.2. The maximum absolute atomic E-state index is 12.0. The summed E-state index contributed by atoms with van der Waals surface area (Å²) < 4.78 is 40.6. The van der Waals surface area contributed by atoms with Gasteiger partial charge in [-0.3, -0.25) is 8.83 Å². The minimum absolute atomic E-state index is 0.0221. The van der Waals surface area contributed by atoms with E-state index in [2.05, 4.69) is 14.7 Å². The number of benzene rings is 1. The molecule has 0 radical (unpaired) electrons. The van der Waals surface area contributed by atoms with Crippen LogP contribution in [0.5, 0.6) is 11.8 Å². The third kappa shape index (κ3) is 3.47. The van der Waals surface area contributed by atoms with Crippen LogP contribution in [0.4, 0.5) is 5.69 Å². The highest BCUT2D eigenvalue weighted by atomic mass is 32.2. The SMILES string of the molecule is CS(=O)(=O)N1C[C@H](CCOc2noc(=O)[nH]2)Oc2ccccc21. The molecule has 0 fully saturated rings. The van der Waals surface area contributed by atoms with Gasteiger partial charge in [-0.2, -0.15) is 0 Å². The molecule has 10 heteroatoms. The van der Waals surface area contributed by atoms with Crippen LogP contribution in [0.1, 0.15) is 6.42 Å². The summed E-state index contributed by atoms with van der Waals surface area (Å²) in [4.78, 5) is 13.0. The van der Waals surface area contributed by atoms with Crippen LogP contribution in [0.3, 0.4) is 0 Å². The summed E-state index contributed by atoms with van der Waals surface area (Å²) in [5.41, 5.74) is 0.521. The summed E-state index contributed by atoms with van der Waals surface area (Å²) in [6.45, 7) is 0.376. The molecule has 1 aliphatic rings. The molecule has 23 heavy (non-hydrogen) atoms. The number of rotatable bonds is 5. The number of ether oxygens (including phenoxy) is 2. The van der Waals surface area contributed by atoms with Crippen LogP contribution < -0.4 is 19.5 Å². The van der Waals surface area contributed by atoms with Gasteiger partial charge in [0.1, 0.15) is 11.9 Å². The van der Waals surface area contributed by atoms with E-state index in [1.807, 2.05) is 0 Å². The highest BCUT2D eigenvalue weighted by Gasteiger charge is 2.30. The lowest BCUT2D eigenvalue weighted by Gasteiger charge is -2.34. The summed E-state index contributed by atoms with van der Waals surface area (Å²) in [6.07, 6.45) is 1.19. The molecular formula is C13H15N3O6S. The van der Waals surface area contributed by atoms with Crippen molar-refractivity contribution in [3.8, 4) is 11.8 Å². The molecule has 2 heterocycles. The number of anilines is 1. The Labute approximate surface area is 131 Å². The number of nitrogens with one attached hydrogen (secondary N) is 1. The van der Waals surface area contributed by atoms with E-state index in [0.717, 1.165) is 6.26 Å². The highest BCUT2D eigenvalue weighted by Crippen LogP contribution is 2.35. The van der Waals surface area contributed by atoms with E-state index >= 15 is 0 Å². The van der Waals surface area contributed by atoms with Crippen LogP contribution in [0.15, 0.2) is 33.6 Å². The molecule has 1 atom stereocenters. The van der Waals surface area contributed by atoms with Crippen molar-refractivity contribution < 1.29 is 22.4 Å². The van der Waals surface area contributed by atoms with Crippen molar-refractivity contribution in [1.82, 2.24) is 10.1 Å². The number of nitrogens with zero attached hydrogens (tertiary/aromatic N) is 2. The number of aromatic amines is 1. The van der Waals surface area contributed by atoms with Crippen LogP contribution in [0.25, 0.3) is 0 Å². The first-order valence-corrected chi connectivity index (χ1v) is 8.70. The highest BCUT2D eigenvalue weighted by molar-refractivity contribution is 7.92. The van der Waals surface area contributed by atoms with Crippen LogP contribution in [-0.4, -0.2) is 44.1 Å². The molecule has 0 unspecified atom stereocenters. The van der Waals surface area contributed by atoms with E-state index in [9.17, 15) is 13.2 Å². The number of sulfonamides is 1. The standard InChI is InChI=1S/C13H15N3O6S/c1-23(18,19)16-8-9(21-11-5-3-2-4-10(11)16)6-7-20-12-14-13(17)22-15-12/h2-5,9H,6-8H2,1H3,(H,14,15,17)/t9-/m0/s1. The van der Waals surface area contributed by atoms with E-state index in [0.29, 0.717) is 17.9 Å². The van der Waals surface area contributed by atoms with E-state index < -0.39 is 15.8 Å². The van der Waals surface area contributed by atoms with Crippen molar-refractivity contribution in [2.24, 2.45) is 0 Å². The number of H-pyrrole nitrogens is 1. The van der Waals surface area contributed by atoms with Gasteiger partial charge in [0, 0.05) is 6.42 Å². The van der Waals surface area contributed by atoms with Gasteiger partial charge in [0.15, 0.2) is 0 Å². The number of hydrogen-bond acceptors (Lipinski definition) is 7. The van der Waals surface area contributed by atoms with Crippen molar-refractivity contribution in [3.63, 3.8) is 0 Å². The zero-order valence-electron chi connectivity index (χ0n) is 12.3. The summed E-state index contributed by atoms with van der Waals surface area (Å²) in [5, 5.41) is 3.38. The van der Waals surface area contributed by atoms with Crippen molar-refractivity contribution in [2.45, 2.75) is 12.5 Å². The monoisotopic (exact) mass is 341 g/mol. The third-order valence-electron chi connectivity index (χ3n) is 3.30. The molecule has 3 rings (SSSR count). The Morgan fingerprint density at radius 2 is 2.22 bits per heavy atom. The largest absolute Gasteiger partial charge is 0.486 e. The fourth-order valence-electron chi connectivity index (χ4n) is 2.29. The van der Waals surface area contributed by atoms with E-state index in [1.165, 1.54) is 4.31 Å². The number of aromatic nitrogens is 2. The van der Waals surface area contributed by atoms with E-state index in [-0.39, 0.29) is 25.3 Å². The van der Waals surface area contributed by atoms with Gasteiger partial charge in [-0.15, -0.1) is 0 Å². The van der Waals surface area contributed by atoms with Gasteiger partial charge in [0.05, 0.1) is 25.1 Å². The molecule has 0 aliphatic carbocycles. The Morgan fingerprint density at radius 1 is 1.43 bits per heavy atom. The van der Waals surface area contributed by atoms with Gasteiger partial charge >= 0.3 is 11.8 Å². The molecule has 0 saturated heterocycles. The number of fused-ring (bicyclic) bond motifs is 1. The summed E-state index contributed by atoms with van der Waals surface area (Å²) in [5.74, 6) is -0.199. The zero-order valence-corrected chi connectivity index (χ0v) is 13.1. The Hall–Kier alpha value is -2.49. The van der Waals surface area contributed by atoms with Crippen LogP contribution in [0, 0.1) is 0 Å². The van der Waals surface area contributed by atoms with E-state index in [4.69, 9.17) is 9.47 Å². The lowest BCUT2D eigenvalue weighted by Crippen LogP contribution is -2.43. The zero-order chi connectivity index (χ0) is 16.4. The second kappa shape index (κ2) is 5.95. The molecule has 2 aromatic rings. The lowest BCUT2D eigenvalue weighted by molar-refractivity contribution is 0.155. The van der Waals surface area contributed by atoms with Crippen molar-refractivity contribution >= 4 is 15.7 Å². The van der Waals surface area contributed by atoms with Crippen LogP contribution >= 0.6 is 0 Å². The van der Waals surface area contributed by atoms with Crippen molar-refractivity contribution in [3.05, 3.63) is 34.8 Å². The molecule has 124 valence electrons. The first kappa shape index (κ1) is 15.4. The summed E-state index contributed by atoms with van der Waals surface area (Å²) in [6, 6.07) is 6.92. The van der Waals surface area contributed by atoms with Gasteiger partial charge in [-0.1, -0.05) is 12.1 Å². The minimum atomic E-state index is -3.41. The Balaban J connectivity index is 1.69. The fraction of sp³-hybridized carbons (Fsp3) is 0.385. The minimum Gasteiger partial charge on any atom is -0.486 e. The smallest absolute Gasteiger partial charge is 0.441 e.